The number of nitrogens with one attached hydrogen (secondary N) is 2. The summed E-state index contributed by atoms with van der Waals surface area (Å²) in [6.45, 7) is -0.149. The van der Waals surface area contributed by atoms with E-state index < -0.39 is 17.6 Å². The molecule has 1 aliphatic carbocycles. The predicted octanol–water partition coefficient (Wildman–Crippen LogP) is 3.72. The minimum Gasteiger partial charge on any atom is -0.508 e. The van der Waals surface area contributed by atoms with Crippen molar-refractivity contribution in [1.82, 2.24) is 14.9 Å². The van der Waals surface area contributed by atoms with Crippen molar-refractivity contribution in [3.8, 4) is 11.4 Å². The van der Waals surface area contributed by atoms with Crippen molar-refractivity contribution >= 4 is 24.1 Å². The first kappa shape index (κ1) is 24.1. The number of amidine groups is 1. The molecule has 7 nitrogen and oxygen atoms in total. The number of rotatable bonds is 5. The zero-order chi connectivity index (χ0) is 23.0. The second-order valence-corrected chi connectivity index (χ2v) is 7.53. The lowest BCUT2D eigenvalue weighted by Gasteiger charge is -2.17. The summed E-state index contributed by atoms with van der Waals surface area (Å²) in [5, 5.41) is 19.9. The van der Waals surface area contributed by atoms with Gasteiger partial charge >= 0.3 is 6.18 Å². The topological polar surface area (TPSA) is 117 Å². The maximum atomic E-state index is 13.8. The fourth-order valence-electron chi connectivity index (χ4n) is 3.80. The third-order valence-electron chi connectivity index (χ3n) is 5.43. The van der Waals surface area contributed by atoms with Gasteiger partial charge in [-0.2, -0.15) is 13.2 Å². The van der Waals surface area contributed by atoms with Gasteiger partial charge in [0.2, 0.25) is 0 Å². The van der Waals surface area contributed by atoms with E-state index in [4.69, 9.17) is 11.1 Å². The number of imidazole rings is 1. The second-order valence-electron chi connectivity index (χ2n) is 7.53. The Bertz CT molecular complexity index is 1220. The number of aryl methyl sites for hydroxylation is 1. The Kier molecular flexibility index (Phi) is 6.68. The molecule has 0 spiro atoms. The maximum Gasteiger partial charge on any atom is 0.418 e. The molecule has 4 rings (SSSR count). The van der Waals surface area contributed by atoms with Gasteiger partial charge < -0.3 is 20.7 Å². The van der Waals surface area contributed by atoms with E-state index in [1.165, 1.54) is 41.2 Å². The minimum absolute atomic E-state index is 0. The summed E-state index contributed by atoms with van der Waals surface area (Å²) in [6.07, 6.45) is -1.05. The van der Waals surface area contributed by atoms with Crippen LogP contribution in [0.25, 0.3) is 5.69 Å². The molecular weight excluding hydrogens is 459 g/mol. The van der Waals surface area contributed by atoms with Crippen molar-refractivity contribution < 1.29 is 23.1 Å². The number of hydrogen-bond acceptors (Lipinski definition) is 4. The average Bonchev–Trinajstić information content (AvgIpc) is 3.35. The van der Waals surface area contributed by atoms with Crippen LogP contribution in [0.5, 0.6) is 5.75 Å². The molecule has 0 unspecified atom stereocenters. The molecule has 0 atom stereocenters. The van der Waals surface area contributed by atoms with Crippen LogP contribution in [0.15, 0.2) is 42.7 Å². The summed E-state index contributed by atoms with van der Waals surface area (Å²) in [6, 6.07) is 7.63. The number of alkyl halides is 3. The molecule has 0 fully saturated rings. The average molecular weight is 480 g/mol. The number of benzene rings is 2. The van der Waals surface area contributed by atoms with E-state index >= 15 is 0 Å². The van der Waals surface area contributed by atoms with Crippen LogP contribution in [-0.2, 0) is 25.6 Å². The summed E-state index contributed by atoms with van der Waals surface area (Å²) >= 11 is 0. The number of nitrogens with zero attached hydrogens (tertiary/aromatic N) is 2. The van der Waals surface area contributed by atoms with E-state index in [9.17, 15) is 23.1 Å². The molecule has 1 aromatic heterocycles. The van der Waals surface area contributed by atoms with Gasteiger partial charge in [0.05, 0.1) is 23.3 Å². The molecule has 0 aliphatic heterocycles. The molecule has 1 heterocycles. The van der Waals surface area contributed by atoms with E-state index in [-0.39, 0.29) is 47.4 Å². The first-order valence-electron chi connectivity index (χ1n) is 9.86. The van der Waals surface area contributed by atoms with Crippen molar-refractivity contribution in [3.05, 3.63) is 76.4 Å². The maximum absolute atomic E-state index is 13.8. The zero-order valence-electron chi connectivity index (χ0n) is 17.2. The van der Waals surface area contributed by atoms with Crippen LogP contribution in [-0.4, -0.2) is 26.4 Å². The van der Waals surface area contributed by atoms with Crippen molar-refractivity contribution in [2.24, 2.45) is 5.73 Å². The van der Waals surface area contributed by atoms with Gasteiger partial charge in [-0.25, -0.2) is 4.98 Å². The number of carbonyl (C=O) groups excluding carboxylic acids is 1. The number of halogens is 4. The number of aromatic nitrogens is 2. The van der Waals surface area contributed by atoms with Crippen LogP contribution >= 0.6 is 12.4 Å². The highest BCUT2D eigenvalue weighted by Crippen LogP contribution is 2.36. The molecule has 5 N–H and O–H groups in total. The minimum atomic E-state index is -4.67. The van der Waals surface area contributed by atoms with Gasteiger partial charge in [0, 0.05) is 28.9 Å². The fourth-order valence-corrected chi connectivity index (χ4v) is 3.80. The van der Waals surface area contributed by atoms with E-state index in [1.54, 1.807) is 0 Å². The molecule has 0 saturated carbocycles. The highest BCUT2D eigenvalue weighted by Gasteiger charge is 2.35. The highest BCUT2D eigenvalue weighted by atomic mass is 35.5. The highest BCUT2D eigenvalue weighted by molar-refractivity contribution is 5.96. The number of nitrogen functional groups attached to an aromatic ring is 1. The molecule has 2 aromatic carbocycles. The first-order chi connectivity index (χ1) is 15.1. The van der Waals surface area contributed by atoms with Gasteiger partial charge in [0.25, 0.3) is 5.91 Å². The van der Waals surface area contributed by atoms with Crippen molar-refractivity contribution in [2.45, 2.75) is 32.0 Å². The summed E-state index contributed by atoms with van der Waals surface area (Å²) in [7, 11) is 0. The number of phenolic OH excluding ortho intramolecular Hbond substituents is 1. The van der Waals surface area contributed by atoms with E-state index in [1.807, 2.05) is 0 Å². The Labute approximate surface area is 193 Å². The Morgan fingerprint density at radius 3 is 2.61 bits per heavy atom. The lowest BCUT2D eigenvalue weighted by atomic mass is 10.1. The van der Waals surface area contributed by atoms with Gasteiger partial charge in [0.15, 0.2) is 0 Å². The van der Waals surface area contributed by atoms with Crippen LogP contribution in [0.1, 0.15) is 44.9 Å². The van der Waals surface area contributed by atoms with Crippen LogP contribution in [0, 0.1) is 5.41 Å². The molecule has 3 aromatic rings. The monoisotopic (exact) mass is 479 g/mol. The largest absolute Gasteiger partial charge is 0.508 e. The molecule has 1 aliphatic rings. The molecule has 33 heavy (non-hydrogen) atoms. The molecule has 0 bridgehead atoms. The van der Waals surface area contributed by atoms with Crippen molar-refractivity contribution in [1.29, 1.82) is 5.41 Å². The Hall–Kier alpha value is -3.53. The predicted molar refractivity (Wildman–Crippen MR) is 118 cm³/mol. The third-order valence-corrected chi connectivity index (χ3v) is 5.43. The van der Waals surface area contributed by atoms with E-state index in [0.717, 1.165) is 30.3 Å². The number of carbonyl (C=O) groups is 1. The van der Waals surface area contributed by atoms with E-state index in [2.05, 4.69) is 10.3 Å². The number of nitrogens with two attached hydrogens (primary N) is 1. The smallest absolute Gasteiger partial charge is 0.418 e. The molecule has 174 valence electrons. The normalized spacial score (nSPS) is 12.7. The van der Waals surface area contributed by atoms with Crippen LogP contribution in [0.4, 0.5) is 13.2 Å². The Morgan fingerprint density at radius 1 is 1.18 bits per heavy atom. The number of hydrogen-bond donors (Lipinski definition) is 4. The first-order valence-corrected chi connectivity index (χ1v) is 9.86. The molecule has 0 radical (unpaired) electrons. The summed E-state index contributed by atoms with van der Waals surface area (Å²) in [5.74, 6) is -1.07. The van der Waals surface area contributed by atoms with Gasteiger partial charge in [-0.1, -0.05) is 0 Å². The summed E-state index contributed by atoms with van der Waals surface area (Å²) in [4.78, 5) is 16.8. The Balaban J connectivity index is 0.00000306. The van der Waals surface area contributed by atoms with Crippen molar-refractivity contribution in [3.63, 3.8) is 0 Å². The summed E-state index contributed by atoms with van der Waals surface area (Å²) in [5.41, 5.74) is 6.45. The second kappa shape index (κ2) is 9.14. The van der Waals surface area contributed by atoms with Gasteiger partial charge in [-0.3, -0.25) is 10.2 Å². The van der Waals surface area contributed by atoms with Crippen molar-refractivity contribution in [2.75, 3.05) is 0 Å². The van der Waals surface area contributed by atoms with Crippen LogP contribution in [0.3, 0.4) is 0 Å². The molecular formula is C22H21ClF3N5O2. The Morgan fingerprint density at radius 2 is 1.91 bits per heavy atom. The summed E-state index contributed by atoms with van der Waals surface area (Å²) < 4.78 is 42.9. The fraction of sp³-hybridized carbons (Fsp3) is 0.227. The number of fused-ring (bicyclic) bond motifs is 1. The SMILES string of the molecule is Cl.N=C(N)c1ccc(O)c(CNC(=O)c2ccc(-n3cnc4c3CCC4)c(C(F)(F)F)c2)c1. The van der Waals surface area contributed by atoms with Gasteiger partial charge in [-0.15, -0.1) is 12.4 Å². The molecule has 11 heteroatoms. The van der Waals surface area contributed by atoms with E-state index in [0.29, 0.717) is 12.0 Å². The van der Waals surface area contributed by atoms with Gasteiger partial charge in [-0.05, 0) is 55.7 Å². The molecule has 0 saturated heterocycles. The lowest BCUT2D eigenvalue weighted by Crippen LogP contribution is -2.24. The standard InChI is InChI=1S/C22H20F3N5O2.ClH/c23-22(24,25)15-9-13(4-6-17(15)30-11-29-16-2-1-3-18(16)30)21(32)28-10-14-8-12(20(26)27)5-7-19(14)31;/h4-9,11,31H,1-3,10H2,(H3,26,27)(H,28,32);1H. The third kappa shape index (κ3) is 4.80. The lowest BCUT2D eigenvalue weighted by molar-refractivity contribution is -0.137. The number of phenols is 1. The molecule has 1 amide bonds. The number of aromatic hydroxyl groups is 1. The van der Waals surface area contributed by atoms with Crippen LogP contribution < -0.4 is 11.1 Å². The quantitative estimate of drug-likeness (QED) is 0.329. The van der Waals surface area contributed by atoms with Gasteiger partial charge in [0.1, 0.15) is 11.6 Å². The zero-order valence-corrected chi connectivity index (χ0v) is 18.1. The number of amides is 1. The van der Waals surface area contributed by atoms with Crippen LogP contribution in [0.2, 0.25) is 0 Å².